The van der Waals surface area contributed by atoms with Crippen LogP contribution in [-0.2, 0) is 15.9 Å². The van der Waals surface area contributed by atoms with Crippen LogP contribution in [0.2, 0.25) is 0 Å². The van der Waals surface area contributed by atoms with Gasteiger partial charge in [-0.3, -0.25) is 0 Å². The zero-order valence-electron chi connectivity index (χ0n) is 10.3. The first kappa shape index (κ1) is 13.5. The second-order valence-corrected chi connectivity index (χ2v) is 5.80. The lowest BCUT2D eigenvalue weighted by Gasteiger charge is -2.07. The van der Waals surface area contributed by atoms with Crippen LogP contribution in [0.5, 0.6) is 5.75 Å². The van der Waals surface area contributed by atoms with Crippen LogP contribution in [0.4, 0.5) is 4.39 Å². The van der Waals surface area contributed by atoms with Crippen molar-refractivity contribution in [3.05, 3.63) is 65.5 Å². The van der Waals surface area contributed by atoms with Gasteiger partial charge in [-0.25, -0.2) is 4.39 Å². The Morgan fingerprint density at radius 1 is 1.00 bits per heavy atom. The molecule has 100 valence electrons. The van der Waals surface area contributed by atoms with Crippen LogP contribution in [0.15, 0.2) is 48.5 Å². The Morgan fingerprint density at radius 3 is 2.16 bits per heavy atom. The van der Waals surface area contributed by atoms with Crippen molar-refractivity contribution in [3.8, 4) is 5.75 Å². The molecule has 2 aromatic rings. The van der Waals surface area contributed by atoms with Crippen molar-refractivity contribution in [2.45, 2.75) is 12.7 Å². The number of benzene rings is 2. The lowest BCUT2D eigenvalue weighted by atomic mass is 10.2. The molecule has 0 aromatic heterocycles. The molecule has 3 nitrogen and oxygen atoms in total. The van der Waals surface area contributed by atoms with E-state index in [0.29, 0.717) is 5.56 Å². The summed E-state index contributed by atoms with van der Waals surface area (Å²) in [4.78, 5) is 0. The molecule has 0 fully saturated rings. The van der Waals surface area contributed by atoms with Crippen molar-refractivity contribution in [1.29, 1.82) is 0 Å². The molecule has 0 saturated carbocycles. The predicted octanol–water partition coefficient (Wildman–Crippen LogP) is 3.04. The van der Waals surface area contributed by atoms with Gasteiger partial charge in [0.05, 0.1) is 0 Å². The number of aryl methyl sites for hydroxylation is 1. The average Bonchev–Trinajstić information content (AvgIpc) is 2.34. The van der Waals surface area contributed by atoms with Crippen LogP contribution in [0.3, 0.4) is 0 Å². The van der Waals surface area contributed by atoms with Crippen molar-refractivity contribution in [3.63, 3.8) is 0 Å². The van der Waals surface area contributed by atoms with Crippen LogP contribution in [0.25, 0.3) is 0 Å². The Kier molecular flexibility index (Phi) is 3.85. The van der Waals surface area contributed by atoms with Crippen LogP contribution < -0.4 is 4.18 Å². The van der Waals surface area contributed by atoms with E-state index in [0.717, 1.165) is 5.56 Å². The molecule has 2 aromatic carbocycles. The van der Waals surface area contributed by atoms with Gasteiger partial charge in [-0.2, -0.15) is 8.42 Å². The smallest absolute Gasteiger partial charge is 0.313 e. The molecular weight excluding hydrogens is 267 g/mol. The summed E-state index contributed by atoms with van der Waals surface area (Å²) >= 11 is 0. The second-order valence-electron chi connectivity index (χ2n) is 4.22. The molecule has 0 radical (unpaired) electrons. The monoisotopic (exact) mass is 280 g/mol. The highest BCUT2D eigenvalue weighted by Crippen LogP contribution is 2.16. The fourth-order valence-electron chi connectivity index (χ4n) is 1.55. The fourth-order valence-corrected chi connectivity index (χ4v) is 2.62. The third kappa shape index (κ3) is 4.06. The van der Waals surface area contributed by atoms with E-state index >= 15 is 0 Å². The molecular formula is C14H13FO3S. The largest absolute Gasteiger partial charge is 0.382 e. The standard InChI is InChI=1S/C14H13FO3S/c1-11-2-8-14(9-3-11)18-19(16,17)10-12-4-6-13(15)7-5-12/h2-9H,10H2,1H3. The van der Waals surface area contributed by atoms with Crippen LogP contribution in [0, 0.1) is 12.7 Å². The van der Waals surface area contributed by atoms with E-state index < -0.39 is 15.9 Å². The van der Waals surface area contributed by atoms with Crippen LogP contribution in [0.1, 0.15) is 11.1 Å². The number of halogens is 1. The van der Waals surface area contributed by atoms with E-state index in [9.17, 15) is 12.8 Å². The molecule has 0 unspecified atom stereocenters. The van der Waals surface area contributed by atoms with Gasteiger partial charge < -0.3 is 4.18 Å². The van der Waals surface area contributed by atoms with Crippen molar-refractivity contribution in [2.75, 3.05) is 0 Å². The second kappa shape index (κ2) is 5.40. The molecule has 0 aliphatic heterocycles. The Balaban J connectivity index is 2.10. The Hall–Kier alpha value is -1.88. The van der Waals surface area contributed by atoms with Crippen LogP contribution >= 0.6 is 0 Å². The number of rotatable bonds is 4. The zero-order chi connectivity index (χ0) is 13.9. The molecule has 0 heterocycles. The van der Waals surface area contributed by atoms with Gasteiger partial charge in [0.1, 0.15) is 17.3 Å². The van der Waals surface area contributed by atoms with Gasteiger partial charge in [0.25, 0.3) is 0 Å². The first-order chi connectivity index (χ1) is 8.94. The SMILES string of the molecule is Cc1ccc(OS(=O)(=O)Cc2ccc(F)cc2)cc1. The van der Waals surface area contributed by atoms with Gasteiger partial charge in [0, 0.05) is 0 Å². The minimum absolute atomic E-state index is 0.271. The number of hydrogen-bond acceptors (Lipinski definition) is 3. The van der Waals surface area contributed by atoms with Gasteiger partial charge >= 0.3 is 10.1 Å². The molecule has 0 amide bonds. The van der Waals surface area contributed by atoms with Crippen molar-refractivity contribution in [2.24, 2.45) is 0 Å². The molecule has 0 spiro atoms. The molecule has 0 N–H and O–H groups in total. The van der Waals surface area contributed by atoms with E-state index in [1.165, 1.54) is 24.3 Å². The zero-order valence-corrected chi connectivity index (χ0v) is 11.2. The third-order valence-electron chi connectivity index (χ3n) is 2.50. The molecule has 5 heteroatoms. The highest BCUT2D eigenvalue weighted by Gasteiger charge is 2.14. The summed E-state index contributed by atoms with van der Waals surface area (Å²) in [6.45, 7) is 1.90. The Morgan fingerprint density at radius 2 is 1.58 bits per heavy atom. The van der Waals surface area contributed by atoms with Gasteiger partial charge in [-0.05, 0) is 36.8 Å². The van der Waals surface area contributed by atoms with E-state index in [1.54, 1.807) is 24.3 Å². The highest BCUT2D eigenvalue weighted by molar-refractivity contribution is 7.86. The topological polar surface area (TPSA) is 43.4 Å². The van der Waals surface area contributed by atoms with Crippen molar-refractivity contribution >= 4 is 10.1 Å². The minimum atomic E-state index is -3.74. The maximum atomic E-state index is 12.7. The summed E-state index contributed by atoms with van der Waals surface area (Å²) in [5.41, 5.74) is 1.50. The molecule has 0 saturated heterocycles. The lowest BCUT2D eigenvalue weighted by Crippen LogP contribution is -2.12. The molecule has 19 heavy (non-hydrogen) atoms. The van der Waals surface area contributed by atoms with E-state index in [1.807, 2.05) is 6.92 Å². The van der Waals surface area contributed by atoms with Gasteiger partial charge in [0.15, 0.2) is 0 Å². The summed E-state index contributed by atoms with van der Waals surface area (Å²) in [5.74, 6) is -0.422. The summed E-state index contributed by atoms with van der Waals surface area (Å²) in [7, 11) is -3.74. The predicted molar refractivity (Wildman–Crippen MR) is 70.8 cm³/mol. The van der Waals surface area contributed by atoms with E-state index in [2.05, 4.69) is 0 Å². The maximum absolute atomic E-state index is 12.7. The molecule has 0 aliphatic rings. The molecule has 0 atom stereocenters. The molecule has 0 bridgehead atoms. The van der Waals surface area contributed by atoms with Crippen LogP contribution in [-0.4, -0.2) is 8.42 Å². The summed E-state index contributed by atoms with van der Waals surface area (Å²) < 4.78 is 41.3. The van der Waals surface area contributed by atoms with Crippen molar-refractivity contribution in [1.82, 2.24) is 0 Å². The average molecular weight is 280 g/mol. The molecule has 2 rings (SSSR count). The third-order valence-corrected chi connectivity index (χ3v) is 3.63. The maximum Gasteiger partial charge on any atom is 0.313 e. The van der Waals surface area contributed by atoms with Gasteiger partial charge in [-0.1, -0.05) is 29.8 Å². The van der Waals surface area contributed by atoms with Crippen molar-refractivity contribution < 1.29 is 17.0 Å². The van der Waals surface area contributed by atoms with E-state index in [-0.39, 0.29) is 11.5 Å². The quantitative estimate of drug-likeness (QED) is 0.808. The minimum Gasteiger partial charge on any atom is -0.382 e. The summed E-state index contributed by atoms with van der Waals surface area (Å²) in [6, 6.07) is 12.0. The number of hydrogen-bond donors (Lipinski definition) is 0. The summed E-state index contributed by atoms with van der Waals surface area (Å²) in [6.07, 6.45) is 0. The summed E-state index contributed by atoms with van der Waals surface area (Å²) in [5, 5.41) is 0. The normalized spacial score (nSPS) is 11.3. The first-order valence-corrected chi connectivity index (χ1v) is 7.26. The van der Waals surface area contributed by atoms with Gasteiger partial charge in [-0.15, -0.1) is 0 Å². The molecule has 0 aliphatic carbocycles. The first-order valence-electron chi connectivity index (χ1n) is 5.68. The lowest BCUT2D eigenvalue weighted by molar-refractivity contribution is 0.485. The Labute approximate surface area is 111 Å². The highest BCUT2D eigenvalue weighted by atomic mass is 32.2. The van der Waals surface area contributed by atoms with E-state index in [4.69, 9.17) is 4.18 Å². The Bertz CT molecular complexity index is 593. The van der Waals surface area contributed by atoms with Gasteiger partial charge in [0.2, 0.25) is 0 Å². The fraction of sp³-hybridized carbons (Fsp3) is 0.143.